The Morgan fingerprint density at radius 3 is 2.31 bits per heavy atom. The number of amides is 3. The van der Waals surface area contributed by atoms with Gasteiger partial charge >= 0.3 is 5.97 Å². The lowest BCUT2D eigenvalue weighted by Gasteiger charge is -2.25. The maximum atomic E-state index is 12.7. The van der Waals surface area contributed by atoms with E-state index >= 15 is 0 Å². The number of nitrogens with one attached hydrogen (secondary N) is 4. The molecular formula is C18H33N7O6S. The first-order valence-corrected chi connectivity index (χ1v) is 10.9. The standard InChI is InChI=1S/C18H33N7O6S/c1-9(26)13(17(30)31)25-15(28)11(5-3-7-22-18(19)20)23-16(29)12(8-32)24-14(27)10-4-2-6-21-10/h9-13,21,26,32H,2-8H2,1H3,(H,23,29)(H,24,27)(H,25,28)(H,30,31)(H4,19,20,22). The van der Waals surface area contributed by atoms with Crippen LogP contribution in [0.25, 0.3) is 0 Å². The van der Waals surface area contributed by atoms with E-state index in [-0.39, 0.29) is 30.6 Å². The fraction of sp³-hybridized carbons (Fsp3) is 0.722. The molecule has 5 unspecified atom stereocenters. The zero-order valence-electron chi connectivity index (χ0n) is 17.9. The second-order valence-electron chi connectivity index (χ2n) is 7.47. The van der Waals surface area contributed by atoms with Crippen molar-refractivity contribution >= 4 is 42.3 Å². The fourth-order valence-corrected chi connectivity index (χ4v) is 3.32. The van der Waals surface area contributed by atoms with E-state index in [9.17, 15) is 29.4 Å². The molecule has 1 saturated heterocycles. The highest BCUT2D eigenvalue weighted by Crippen LogP contribution is 2.06. The van der Waals surface area contributed by atoms with Gasteiger partial charge in [0.05, 0.1) is 12.1 Å². The maximum Gasteiger partial charge on any atom is 0.328 e. The number of rotatable bonds is 13. The Morgan fingerprint density at radius 1 is 1.16 bits per heavy atom. The maximum absolute atomic E-state index is 12.7. The molecular weight excluding hydrogens is 442 g/mol. The highest BCUT2D eigenvalue weighted by atomic mass is 32.1. The van der Waals surface area contributed by atoms with E-state index in [0.717, 1.165) is 6.42 Å². The van der Waals surface area contributed by atoms with Crippen LogP contribution in [0.1, 0.15) is 32.6 Å². The summed E-state index contributed by atoms with van der Waals surface area (Å²) < 4.78 is 0. The molecule has 32 heavy (non-hydrogen) atoms. The molecule has 5 atom stereocenters. The van der Waals surface area contributed by atoms with Crippen molar-refractivity contribution in [2.75, 3.05) is 18.8 Å². The summed E-state index contributed by atoms with van der Waals surface area (Å²) in [6.45, 7) is 2.11. The number of aliphatic hydroxyl groups excluding tert-OH is 1. The van der Waals surface area contributed by atoms with E-state index in [1.807, 2.05) is 0 Å². The van der Waals surface area contributed by atoms with Gasteiger partial charge in [-0.2, -0.15) is 12.6 Å². The zero-order chi connectivity index (χ0) is 24.3. The summed E-state index contributed by atoms with van der Waals surface area (Å²) in [5, 5.41) is 29.1. The van der Waals surface area contributed by atoms with Gasteiger partial charge in [-0.25, -0.2) is 4.79 Å². The number of carboxylic acids is 1. The summed E-state index contributed by atoms with van der Waals surface area (Å²) in [5.41, 5.74) is 10.5. The number of hydrogen-bond acceptors (Lipinski definition) is 8. The van der Waals surface area contributed by atoms with Crippen LogP contribution in [-0.2, 0) is 19.2 Å². The Labute approximate surface area is 191 Å². The number of hydrogen-bond donors (Lipinski definition) is 9. The second kappa shape index (κ2) is 13.8. The zero-order valence-corrected chi connectivity index (χ0v) is 18.8. The molecule has 3 amide bonds. The molecule has 0 spiro atoms. The third-order valence-electron chi connectivity index (χ3n) is 4.82. The molecule has 10 N–H and O–H groups in total. The van der Waals surface area contributed by atoms with Crippen LogP contribution in [0.3, 0.4) is 0 Å². The van der Waals surface area contributed by atoms with Crippen molar-refractivity contribution in [1.82, 2.24) is 21.3 Å². The first-order valence-electron chi connectivity index (χ1n) is 10.3. The third kappa shape index (κ3) is 9.28. The minimum absolute atomic E-state index is 0.0158. The van der Waals surface area contributed by atoms with Gasteiger partial charge in [-0.15, -0.1) is 0 Å². The van der Waals surface area contributed by atoms with E-state index in [4.69, 9.17) is 11.5 Å². The average Bonchev–Trinajstić information content (AvgIpc) is 3.26. The second-order valence-corrected chi connectivity index (χ2v) is 7.83. The first-order chi connectivity index (χ1) is 15.1. The van der Waals surface area contributed by atoms with Crippen LogP contribution in [0, 0.1) is 0 Å². The number of thiol groups is 1. The average molecular weight is 476 g/mol. The number of carboxylic acid groups (broad SMARTS) is 1. The van der Waals surface area contributed by atoms with Crippen molar-refractivity contribution in [3.05, 3.63) is 0 Å². The van der Waals surface area contributed by atoms with Gasteiger partial charge in [-0.05, 0) is 39.2 Å². The molecule has 1 rings (SSSR count). The van der Waals surface area contributed by atoms with Crippen molar-refractivity contribution in [3.8, 4) is 0 Å². The summed E-state index contributed by atoms with van der Waals surface area (Å²) in [6.07, 6.45) is 0.517. The van der Waals surface area contributed by atoms with Crippen LogP contribution in [0.15, 0.2) is 4.99 Å². The summed E-state index contributed by atoms with van der Waals surface area (Å²) >= 11 is 4.11. The van der Waals surface area contributed by atoms with Crippen LogP contribution in [0.5, 0.6) is 0 Å². The molecule has 14 heteroatoms. The van der Waals surface area contributed by atoms with E-state index in [1.54, 1.807) is 0 Å². The molecule has 0 bridgehead atoms. The number of aliphatic hydroxyl groups is 1. The number of nitrogens with two attached hydrogens (primary N) is 2. The van der Waals surface area contributed by atoms with Crippen molar-refractivity contribution in [1.29, 1.82) is 0 Å². The fourth-order valence-electron chi connectivity index (χ4n) is 3.06. The van der Waals surface area contributed by atoms with Gasteiger partial charge in [0.15, 0.2) is 12.0 Å². The van der Waals surface area contributed by atoms with Gasteiger partial charge in [0.2, 0.25) is 17.7 Å². The highest BCUT2D eigenvalue weighted by molar-refractivity contribution is 7.80. The lowest BCUT2D eigenvalue weighted by Crippen LogP contribution is -2.58. The van der Waals surface area contributed by atoms with Crippen LogP contribution in [0.2, 0.25) is 0 Å². The topological polar surface area (TPSA) is 221 Å². The van der Waals surface area contributed by atoms with Crippen molar-refractivity contribution in [3.63, 3.8) is 0 Å². The number of guanidine groups is 1. The Kier molecular flexibility index (Phi) is 11.8. The molecule has 1 aliphatic heterocycles. The smallest absolute Gasteiger partial charge is 0.328 e. The van der Waals surface area contributed by atoms with E-state index < -0.39 is 48.1 Å². The minimum atomic E-state index is -1.56. The van der Waals surface area contributed by atoms with E-state index in [0.29, 0.717) is 19.4 Å². The Hall–Kier alpha value is -2.58. The van der Waals surface area contributed by atoms with Crippen LogP contribution >= 0.6 is 12.6 Å². The molecule has 0 saturated carbocycles. The highest BCUT2D eigenvalue weighted by Gasteiger charge is 2.32. The molecule has 1 aliphatic rings. The van der Waals surface area contributed by atoms with Gasteiger partial charge in [-0.3, -0.25) is 19.4 Å². The van der Waals surface area contributed by atoms with Gasteiger partial charge in [0.1, 0.15) is 12.1 Å². The molecule has 182 valence electrons. The van der Waals surface area contributed by atoms with Gasteiger partial charge in [0.25, 0.3) is 0 Å². The molecule has 0 aromatic carbocycles. The number of nitrogens with zero attached hydrogens (tertiary/aromatic N) is 1. The normalized spacial score (nSPS) is 19.2. The van der Waals surface area contributed by atoms with Gasteiger partial charge < -0.3 is 42.9 Å². The van der Waals surface area contributed by atoms with Crippen LogP contribution < -0.4 is 32.7 Å². The monoisotopic (exact) mass is 475 g/mol. The molecule has 0 radical (unpaired) electrons. The summed E-state index contributed by atoms with van der Waals surface area (Å²) in [4.78, 5) is 52.8. The molecule has 0 aromatic heterocycles. The summed E-state index contributed by atoms with van der Waals surface area (Å²) in [5.74, 6) is -3.38. The Bertz CT molecular complexity index is 695. The molecule has 0 aromatic rings. The predicted molar refractivity (Wildman–Crippen MR) is 120 cm³/mol. The van der Waals surface area contributed by atoms with Crippen molar-refractivity contribution in [2.45, 2.75) is 62.9 Å². The van der Waals surface area contributed by atoms with E-state index in [1.165, 1.54) is 6.92 Å². The predicted octanol–water partition coefficient (Wildman–Crippen LogP) is -3.36. The minimum Gasteiger partial charge on any atom is -0.480 e. The Morgan fingerprint density at radius 2 is 1.81 bits per heavy atom. The number of aliphatic carboxylic acids is 1. The summed E-state index contributed by atoms with van der Waals surface area (Å²) in [6, 6.07) is -4.12. The summed E-state index contributed by atoms with van der Waals surface area (Å²) in [7, 11) is 0. The first kappa shape index (κ1) is 27.5. The SMILES string of the molecule is CC(O)C(NC(=O)C(CCCN=C(N)N)NC(=O)C(CS)NC(=O)C1CCCN1)C(=O)O. The van der Waals surface area contributed by atoms with Crippen molar-refractivity contribution < 1.29 is 29.4 Å². The lowest BCUT2D eigenvalue weighted by atomic mass is 10.1. The lowest BCUT2D eigenvalue weighted by molar-refractivity contribution is -0.145. The quantitative estimate of drug-likeness (QED) is 0.0561. The number of aliphatic imine (C=N–C) groups is 1. The number of carbonyl (C=O) groups excluding carboxylic acids is 3. The molecule has 13 nitrogen and oxygen atoms in total. The van der Waals surface area contributed by atoms with Gasteiger partial charge in [0, 0.05) is 12.3 Å². The van der Waals surface area contributed by atoms with Gasteiger partial charge in [-0.1, -0.05) is 0 Å². The Balaban J connectivity index is 2.85. The number of carbonyl (C=O) groups is 4. The largest absolute Gasteiger partial charge is 0.480 e. The molecule has 0 aliphatic carbocycles. The molecule has 1 heterocycles. The van der Waals surface area contributed by atoms with Crippen molar-refractivity contribution in [2.24, 2.45) is 16.5 Å². The van der Waals surface area contributed by atoms with Crippen LogP contribution in [0.4, 0.5) is 0 Å². The van der Waals surface area contributed by atoms with Crippen LogP contribution in [-0.4, -0.2) is 89.0 Å². The molecule has 1 fully saturated rings. The third-order valence-corrected chi connectivity index (χ3v) is 5.18. The van der Waals surface area contributed by atoms with E-state index in [2.05, 4.69) is 38.9 Å².